The summed E-state index contributed by atoms with van der Waals surface area (Å²) in [5.41, 5.74) is 4.42. The molecule has 0 atom stereocenters. The molecule has 0 saturated heterocycles. The number of hydrogen-bond donors (Lipinski definition) is 2. The van der Waals surface area contributed by atoms with E-state index in [9.17, 15) is 9.59 Å². The van der Waals surface area contributed by atoms with Crippen LogP contribution in [0.5, 0.6) is 11.5 Å². The normalized spacial score (nSPS) is 10.5. The van der Waals surface area contributed by atoms with Crippen molar-refractivity contribution >= 4 is 35.3 Å². The number of nitrogens with zero attached hydrogens (tertiary/aromatic N) is 1. The molecule has 0 radical (unpaired) electrons. The molecule has 0 bridgehead atoms. The number of halogens is 1. The summed E-state index contributed by atoms with van der Waals surface area (Å²) in [7, 11) is 3.09. The van der Waals surface area contributed by atoms with Crippen LogP contribution >= 0.6 is 11.6 Å². The first-order valence-corrected chi connectivity index (χ1v) is 9.60. The van der Waals surface area contributed by atoms with Crippen molar-refractivity contribution in [2.75, 3.05) is 19.5 Å². The fourth-order valence-electron chi connectivity index (χ4n) is 2.73. The summed E-state index contributed by atoms with van der Waals surface area (Å²) in [4.78, 5) is 24.8. The van der Waals surface area contributed by atoms with Crippen molar-refractivity contribution in [3.8, 4) is 11.5 Å². The monoisotopic (exact) mass is 437 g/mol. The molecule has 7 nitrogen and oxygen atoms in total. The molecule has 8 heteroatoms. The van der Waals surface area contributed by atoms with E-state index >= 15 is 0 Å². The number of hydrogen-bond acceptors (Lipinski definition) is 5. The third-order valence-electron chi connectivity index (χ3n) is 4.26. The molecule has 3 aromatic carbocycles. The zero-order valence-corrected chi connectivity index (χ0v) is 17.6. The van der Waals surface area contributed by atoms with Crippen LogP contribution in [0.3, 0.4) is 0 Å². The molecule has 31 heavy (non-hydrogen) atoms. The van der Waals surface area contributed by atoms with E-state index in [1.165, 1.54) is 6.21 Å². The fraction of sp³-hybridized carbons (Fsp3) is 0.0870. The molecule has 0 saturated carbocycles. The second kappa shape index (κ2) is 10.3. The average molecular weight is 438 g/mol. The highest BCUT2D eigenvalue weighted by Gasteiger charge is 2.10. The van der Waals surface area contributed by atoms with Gasteiger partial charge in [-0.05, 0) is 60.2 Å². The number of nitrogens with one attached hydrogen (secondary N) is 2. The predicted molar refractivity (Wildman–Crippen MR) is 120 cm³/mol. The van der Waals surface area contributed by atoms with Crippen LogP contribution in [0.15, 0.2) is 71.8 Å². The third-order valence-corrected chi connectivity index (χ3v) is 4.49. The van der Waals surface area contributed by atoms with Crippen LogP contribution in [0, 0.1) is 0 Å². The molecule has 0 fully saturated rings. The Kier molecular flexibility index (Phi) is 7.24. The lowest BCUT2D eigenvalue weighted by Gasteiger charge is -2.08. The Balaban J connectivity index is 1.65. The SMILES string of the molecule is COc1ccc(/C=N\NC(=O)c2cccc(NC(=O)c3cccc(Cl)c3)c2)cc1OC. The fourth-order valence-corrected chi connectivity index (χ4v) is 2.92. The summed E-state index contributed by atoms with van der Waals surface area (Å²) in [5, 5.41) is 7.18. The van der Waals surface area contributed by atoms with Crippen LogP contribution in [0.25, 0.3) is 0 Å². The summed E-state index contributed by atoms with van der Waals surface area (Å²) in [6.07, 6.45) is 1.49. The number of hydrazone groups is 1. The largest absolute Gasteiger partial charge is 0.493 e. The molecule has 0 spiro atoms. The summed E-state index contributed by atoms with van der Waals surface area (Å²) in [5.74, 6) is 0.406. The van der Waals surface area contributed by atoms with Crippen LogP contribution in [-0.4, -0.2) is 32.2 Å². The van der Waals surface area contributed by atoms with E-state index in [1.807, 2.05) is 0 Å². The molecule has 3 aromatic rings. The van der Waals surface area contributed by atoms with Gasteiger partial charge in [0.15, 0.2) is 11.5 Å². The first-order valence-electron chi connectivity index (χ1n) is 9.22. The van der Waals surface area contributed by atoms with Gasteiger partial charge in [-0.25, -0.2) is 5.43 Å². The van der Waals surface area contributed by atoms with E-state index < -0.39 is 5.91 Å². The molecule has 2 amide bonds. The van der Waals surface area contributed by atoms with Crippen molar-refractivity contribution < 1.29 is 19.1 Å². The molecule has 0 aliphatic rings. The summed E-state index contributed by atoms with van der Waals surface area (Å²) in [6.45, 7) is 0. The van der Waals surface area contributed by atoms with Crippen LogP contribution in [0.2, 0.25) is 5.02 Å². The van der Waals surface area contributed by atoms with Crippen LogP contribution in [0.1, 0.15) is 26.3 Å². The minimum absolute atomic E-state index is 0.327. The first kappa shape index (κ1) is 21.9. The summed E-state index contributed by atoms with van der Waals surface area (Å²) >= 11 is 5.92. The number of anilines is 1. The smallest absolute Gasteiger partial charge is 0.271 e. The van der Waals surface area contributed by atoms with E-state index in [2.05, 4.69) is 15.8 Å². The Morgan fingerprint density at radius 1 is 0.871 bits per heavy atom. The number of methoxy groups -OCH3 is 2. The van der Waals surface area contributed by atoms with Crippen LogP contribution in [0.4, 0.5) is 5.69 Å². The molecular formula is C23H20ClN3O4. The topological polar surface area (TPSA) is 89.0 Å². The minimum atomic E-state index is -0.421. The van der Waals surface area contributed by atoms with E-state index in [0.717, 1.165) is 5.56 Å². The zero-order chi connectivity index (χ0) is 22.2. The minimum Gasteiger partial charge on any atom is -0.493 e. The van der Waals surface area contributed by atoms with Crippen molar-refractivity contribution in [2.45, 2.75) is 0 Å². The van der Waals surface area contributed by atoms with Crippen molar-refractivity contribution in [1.82, 2.24) is 5.43 Å². The molecule has 0 unspecified atom stereocenters. The van der Waals surface area contributed by atoms with Gasteiger partial charge in [0, 0.05) is 21.8 Å². The van der Waals surface area contributed by atoms with Gasteiger partial charge in [-0.2, -0.15) is 5.10 Å². The standard InChI is InChI=1S/C23H20ClN3O4/c1-30-20-10-9-15(11-21(20)31-2)14-25-27-23(29)17-6-4-8-19(13-17)26-22(28)16-5-3-7-18(24)12-16/h3-14H,1-2H3,(H,26,28)(H,27,29)/b25-14-. The van der Waals surface area contributed by atoms with Gasteiger partial charge in [-0.3, -0.25) is 9.59 Å². The molecule has 158 valence electrons. The second-order valence-corrected chi connectivity index (χ2v) is 6.80. The Bertz CT molecular complexity index is 1130. The number of carbonyl (C=O) groups excluding carboxylic acids is 2. The molecule has 3 rings (SSSR count). The van der Waals surface area contributed by atoms with E-state index in [0.29, 0.717) is 33.3 Å². The Morgan fingerprint density at radius 3 is 2.29 bits per heavy atom. The highest BCUT2D eigenvalue weighted by atomic mass is 35.5. The van der Waals surface area contributed by atoms with Crippen molar-refractivity contribution in [3.05, 3.63) is 88.4 Å². The molecule has 0 aliphatic heterocycles. The van der Waals surface area contributed by atoms with Gasteiger partial charge in [0.05, 0.1) is 20.4 Å². The molecule has 2 N–H and O–H groups in total. The molecular weight excluding hydrogens is 418 g/mol. The number of ether oxygens (including phenoxy) is 2. The third kappa shape index (κ3) is 5.83. The van der Waals surface area contributed by atoms with Gasteiger partial charge < -0.3 is 14.8 Å². The lowest BCUT2D eigenvalue weighted by molar-refractivity contribution is 0.0953. The quantitative estimate of drug-likeness (QED) is 0.424. The number of carbonyl (C=O) groups is 2. The van der Waals surface area contributed by atoms with Gasteiger partial charge in [-0.1, -0.05) is 23.7 Å². The Labute approximate surface area is 184 Å². The van der Waals surface area contributed by atoms with Crippen LogP contribution in [-0.2, 0) is 0 Å². The first-order chi connectivity index (χ1) is 15.0. The van der Waals surface area contributed by atoms with E-state index in [4.69, 9.17) is 21.1 Å². The van der Waals surface area contributed by atoms with Crippen molar-refractivity contribution in [2.24, 2.45) is 5.10 Å². The Morgan fingerprint density at radius 2 is 1.58 bits per heavy atom. The predicted octanol–water partition coefficient (Wildman–Crippen LogP) is 4.37. The molecule has 0 heterocycles. The van der Waals surface area contributed by atoms with Gasteiger partial charge in [-0.15, -0.1) is 0 Å². The lowest BCUT2D eigenvalue weighted by Crippen LogP contribution is -2.18. The van der Waals surface area contributed by atoms with Crippen LogP contribution < -0.4 is 20.2 Å². The van der Waals surface area contributed by atoms with Crippen molar-refractivity contribution in [3.63, 3.8) is 0 Å². The van der Waals surface area contributed by atoms with Gasteiger partial charge >= 0.3 is 0 Å². The van der Waals surface area contributed by atoms with E-state index in [1.54, 1.807) is 80.9 Å². The number of amides is 2. The maximum absolute atomic E-state index is 12.4. The molecule has 0 aliphatic carbocycles. The van der Waals surface area contributed by atoms with Gasteiger partial charge in [0.25, 0.3) is 11.8 Å². The number of rotatable bonds is 7. The summed E-state index contributed by atoms with van der Waals surface area (Å²) in [6, 6.07) is 18.4. The number of benzene rings is 3. The highest BCUT2D eigenvalue weighted by molar-refractivity contribution is 6.31. The maximum Gasteiger partial charge on any atom is 0.271 e. The maximum atomic E-state index is 12.4. The average Bonchev–Trinajstić information content (AvgIpc) is 2.79. The molecule has 0 aromatic heterocycles. The second-order valence-electron chi connectivity index (χ2n) is 6.36. The van der Waals surface area contributed by atoms with Gasteiger partial charge in [0.1, 0.15) is 0 Å². The van der Waals surface area contributed by atoms with Gasteiger partial charge in [0.2, 0.25) is 0 Å². The summed E-state index contributed by atoms with van der Waals surface area (Å²) < 4.78 is 10.4. The zero-order valence-electron chi connectivity index (χ0n) is 16.9. The van der Waals surface area contributed by atoms with Crippen molar-refractivity contribution in [1.29, 1.82) is 0 Å². The highest BCUT2D eigenvalue weighted by Crippen LogP contribution is 2.26. The lowest BCUT2D eigenvalue weighted by atomic mass is 10.1. The Hall–Kier alpha value is -3.84. The van der Waals surface area contributed by atoms with E-state index in [-0.39, 0.29) is 5.91 Å².